The molecule has 232 valence electrons. The number of carboxylic acids is 2. The number of carbonyl (C=O) groups is 3. The molecule has 0 aliphatic rings. The average Bonchev–Trinajstić information content (AvgIpc) is 2.89. The third kappa shape index (κ3) is 30.6. The number of unbranched alkanes of at least 4 members (excludes halogenated alkanes) is 14. The van der Waals surface area contributed by atoms with Crippen molar-refractivity contribution in [2.45, 2.75) is 129 Å². The summed E-state index contributed by atoms with van der Waals surface area (Å²) in [5, 5.41) is 45.5. The number of nitrogens with one attached hydrogen (secondary N) is 1. The number of aliphatic hydroxyl groups is 3. The van der Waals surface area contributed by atoms with E-state index in [0.717, 1.165) is 19.3 Å². The first-order chi connectivity index (χ1) is 18.8. The van der Waals surface area contributed by atoms with Crippen LogP contribution in [0.4, 0.5) is 0 Å². The van der Waals surface area contributed by atoms with Gasteiger partial charge in [-0.05, 0) is 12.8 Å². The Morgan fingerprint density at radius 1 is 0.615 bits per heavy atom. The number of hydrogen-bond acceptors (Lipinski definition) is 7. The summed E-state index contributed by atoms with van der Waals surface area (Å²) in [6, 6.07) is -1.12. The fourth-order valence-corrected chi connectivity index (χ4v) is 4.21. The van der Waals surface area contributed by atoms with E-state index in [-0.39, 0.29) is 38.6 Å². The van der Waals surface area contributed by atoms with Crippen molar-refractivity contribution in [1.82, 2.24) is 10.2 Å². The van der Waals surface area contributed by atoms with Gasteiger partial charge in [-0.25, -0.2) is 4.79 Å². The minimum absolute atomic E-state index is 0.0694. The zero-order valence-corrected chi connectivity index (χ0v) is 24.5. The van der Waals surface area contributed by atoms with Gasteiger partial charge in [0.2, 0.25) is 5.91 Å². The fourth-order valence-electron chi connectivity index (χ4n) is 4.21. The molecule has 1 amide bonds. The molecular weight excluding hydrogens is 504 g/mol. The van der Waals surface area contributed by atoms with Crippen LogP contribution in [0.5, 0.6) is 0 Å². The lowest BCUT2D eigenvalue weighted by atomic mass is 10.0. The summed E-state index contributed by atoms with van der Waals surface area (Å²) in [5.74, 6) is -2.55. The summed E-state index contributed by atoms with van der Waals surface area (Å²) < 4.78 is 0. The second kappa shape index (κ2) is 30.8. The molecule has 0 fully saturated rings. The van der Waals surface area contributed by atoms with Crippen LogP contribution in [-0.4, -0.2) is 93.8 Å². The highest BCUT2D eigenvalue weighted by Crippen LogP contribution is 2.13. The predicted octanol–water partition coefficient (Wildman–Crippen LogP) is 3.95. The minimum atomic E-state index is -1.18. The number of nitrogens with zero attached hydrogens (tertiary/aromatic N) is 1. The summed E-state index contributed by atoms with van der Waals surface area (Å²) in [5.41, 5.74) is 0. The Morgan fingerprint density at radius 2 is 1.00 bits per heavy atom. The summed E-state index contributed by atoms with van der Waals surface area (Å²) in [7, 11) is 0. The fraction of sp³-hybridized carbons (Fsp3) is 0.897. The van der Waals surface area contributed by atoms with E-state index in [0.29, 0.717) is 26.1 Å². The first-order valence-electron chi connectivity index (χ1n) is 15.1. The lowest BCUT2D eigenvalue weighted by Gasteiger charge is -2.17. The third-order valence-electron chi connectivity index (χ3n) is 6.54. The molecule has 0 rings (SSSR count). The van der Waals surface area contributed by atoms with E-state index in [1.165, 1.54) is 77.0 Å². The van der Waals surface area contributed by atoms with E-state index >= 15 is 0 Å². The first kappa shape index (κ1) is 39.4. The Morgan fingerprint density at radius 3 is 1.33 bits per heavy atom. The van der Waals surface area contributed by atoms with Gasteiger partial charge in [-0.2, -0.15) is 0 Å². The Bertz CT molecular complexity index is 563. The summed E-state index contributed by atoms with van der Waals surface area (Å²) in [6.45, 7) is 4.00. The highest BCUT2D eigenvalue weighted by Gasteiger charge is 2.20. The molecule has 0 radical (unpaired) electrons. The molecule has 0 aliphatic carbocycles. The van der Waals surface area contributed by atoms with Crippen LogP contribution in [0, 0.1) is 0 Å². The first-order valence-corrected chi connectivity index (χ1v) is 15.1. The van der Waals surface area contributed by atoms with E-state index in [2.05, 4.69) is 12.2 Å². The molecule has 0 aliphatic heterocycles. The standard InChI is InChI=1S/C23H43NO5.C6H15NO3/c1-2-3-4-5-6-7-8-9-10-11-12-13-14-15-16-17-21(25)24-20(23(28)29)18-19-22(26)27;8-4-1-7(2-5-9)3-6-10/h20H,2-19H2,1H3,(H,24,25)(H,26,27)(H,28,29);8-10H,1-6H2. The molecular formula is C29H58N2O8. The van der Waals surface area contributed by atoms with Gasteiger partial charge >= 0.3 is 11.9 Å². The number of hydrogen-bond donors (Lipinski definition) is 6. The van der Waals surface area contributed by atoms with Crippen LogP contribution in [-0.2, 0) is 14.4 Å². The third-order valence-corrected chi connectivity index (χ3v) is 6.54. The normalized spacial score (nSPS) is 11.6. The second-order valence-corrected chi connectivity index (χ2v) is 10.1. The van der Waals surface area contributed by atoms with Crippen LogP contribution >= 0.6 is 0 Å². The Balaban J connectivity index is 0. The smallest absolute Gasteiger partial charge is 0.326 e. The number of carbonyl (C=O) groups excluding carboxylic acids is 1. The zero-order chi connectivity index (χ0) is 29.6. The summed E-state index contributed by atoms with van der Waals surface area (Å²) in [6.07, 6.45) is 18.8. The van der Waals surface area contributed by atoms with Gasteiger partial charge in [-0.15, -0.1) is 0 Å². The van der Waals surface area contributed by atoms with Crippen LogP contribution in [0.3, 0.4) is 0 Å². The zero-order valence-electron chi connectivity index (χ0n) is 24.5. The molecule has 39 heavy (non-hydrogen) atoms. The molecule has 0 heterocycles. The molecule has 0 bridgehead atoms. The predicted molar refractivity (Wildman–Crippen MR) is 154 cm³/mol. The maximum Gasteiger partial charge on any atom is 0.326 e. The summed E-state index contributed by atoms with van der Waals surface area (Å²) >= 11 is 0. The van der Waals surface area contributed by atoms with Crippen molar-refractivity contribution >= 4 is 17.8 Å². The van der Waals surface area contributed by atoms with Gasteiger partial charge in [0.25, 0.3) is 0 Å². The second-order valence-electron chi connectivity index (χ2n) is 10.1. The molecule has 0 saturated heterocycles. The van der Waals surface area contributed by atoms with Crippen LogP contribution in [0.25, 0.3) is 0 Å². The highest BCUT2D eigenvalue weighted by atomic mass is 16.4. The van der Waals surface area contributed by atoms with Gasteiger partial charge in [0, 0.05) is 32.5 Å². The molecule has 0 aromatic rings. The van der Waals surface area contributed by atoms with Crippen LogP contribution in [0.15, 0.2) is 0 Å². The van der Waals surface area contributed by atoms with Crippen molar-refractivity contribution in [1.29, 1.82) is 0 Å². The van der Waals surface area contributed by atoms with Gasteiger partial charge in [0.1, 0.15) is 6.04 Å². The van der Waals surface area contributed by atoms with Crippen molar-refractivity contribution in [2.24, 2.45) is 0 Å². The Labute approximate surface area is 236 Å². The van der Waals surface area contributed by atoms with E-state index in [1.807, 2.05) is 0 Å². The molecule has 1 unspecified atom stereocenters. The molecule has 10 heteroatoms. The molecule has 0 saturated carbocycles. The number of carboxylic acid groups (broad SMARTS) is 2. The molecule has 10 nitrogen and oxygen atoms in total. The van der Waals surface area contributed by atoms with Gasteiger partial charge in [-0.1, -0.05) is 96.8 Å². The SMILES string of the molecule is CCCCCCCCCCCCCCCCCC(=O)NC(CCC(=O)O)C(=O)O.OCCN(CCO)CCO. The minimum Gasteiger partial charge on any atom is -0.481 e. The van der Waals surface area contributed by atoms with E-state index < -0.39 is 18.0 Å². The number of rotatable bonds is 27. The Kier molecular flexibility index (Phi) is 31.1. The van der Waals surface area contributed by atoms with E-state index in [4.69, 9.17) is 25.5 Å². The van der Waals surface area contributed by atoms with E-state index in [1.54, 1.807) is 4.90 Å². The van der Waals surface area contributed by atoms with Gasteiger partial charge < -0.3 is 30.8 Å². The molecule has 0 aromatic carbocycles. The maximum absolute atomic E-state index is 11.8. The van der Waals surface area contributed by atoms with Crippen molar-refractivity contribution in [3.63, 3.8) is 0 Å². The molecule has 6 N–H and O–H groups in total. The molecule has 0 aromatic heterocycles. The van der Waals surface area contributed by atoms with Crippen molar-refractivity contribution in [3.05, 3.63) is 0 Å². The Hall–Kier alpha value is -1.75. The van der Waals surface area contributed by atoms with Crippen molar-refractivity contribution in [2.75, 3.05) is 39.5 Å². The summed E-state index contributed by atoms with van der Waals surface area (Å²) in [4.78, 5) is 35.2. The quantitative estimate of drug-likeness (QED) is 0.0812. The van der Waals surface area contributed by atoms with Gasteiger partial charge in [0.15, 0.2) is 0 Å². The van der Waals surface area contributed by atoms with Crippen LogP contribution in [0.1, 0.15) is 122 Å². The largest absolute Gasteiger partial charge is 0.481 e. The average molecular weight is 563 g/mol. The van der Waals surface area contributed by atoms with Crippen LogP contribution in [0.2, 0.25) is 0 Å². The van der Waals surface area contributed by atoms with Gasteiger partial charge in [-0.3, -0.25) is 14.5 Å². The highest BCUT2D eigenvalue weighted by molar-refractivity contribution is 5.83. The van der Waals surface area contributed by atoms with Crippen LogP contribution < -0.4 is 5.32 Å². The van der Waals surface area contributed by atoms with E-state index in [9.17, 15) is 14.4 Å². The maximum atomic E-state index is 11.8. The monoisotopic (exact) mass is 562 g/mol. The number of amides is 1. The lowest BCUT2D eigenvalue weighted by molar-refractivity contribution is -0.143. The topological polar surface area (TPSA) is 168 Å². The number of aliphatic hydroxyl groups excluding tert-OH is 3. The molecule has 1 atom stereocenters. The molecule has 0 spiro atoms. The number of aliphatic carboxylic acids is 2. The van der Waals surface area contributed by atoms with Gasteiger partial charge in [0.05, 0.1) is 19.8 Å². The lowest BCUT2D eigenvalue weighted by Crippen LogP contribution is -2.41. The van der Waals surface area contributed by atoms with Crippen molar-refractivity contribution < 1.29 is 39.9 Å². The van der Waals surface area contributed by atoms with Crippen molar-refractivity contribution in [3.8, 4) is 0 Å².